The third-order valence-corrected chi connectivity index (χ3v) is 1.47. The molecule has 1 heterocycles. The molecule has 60 valence electrons. The Morgan fingerprint density at radius 3 is 2.10 bits per heavy atom. The maximum absolute atomic E-state index is 8.88. The first-order chi connectivity index (χ1) is 4.63. The standard InChI is InChI=1S/C5H10O5/c6-2-1-10-5(9)4(8)3(2)7/h2-9H,1H2/t2-,3+,4-,5?/m1/s1/i1+1,2+1,3+1,4+1,5+1. The van der Waals surface area contributed by atoms with E-state index in [0.29, 0.717) is 0 Å². The van der Waals surface area contributed by atoms with Gasteiger partial charge in [-0.05, 0) is 0 Å². The molecule has 0 radical (unpaired) electrons. The molecule has 1 aliphatic rings. The van der Waals surface area contributed by atoms with Crippen molar-refractivity contribution in [3.8, 4) is 0 Å². The van der Waals surface area contributed by atoms with Crippen molar-refractivity contribution >= 4 is 0 Å². The third-order valence-electron chi connectivity index (χ3n) is 1.47. The third kappa shape index (κ3) is 1.28. The molecule has 4 atom stereocenters. The molecular weight excluding hydrogens is 145 g/mol. The second-order valence-corrected chi connectivity index (χ2v) is 2.27. The quantitative estimate of drug-likeness (QED) is 0.288. The van der Waals surface area contributed by atoms with Crippen molar-refractivity contribution in [1.82, 2.24) is 0 Å². The van der Waals surface area contributed by atoms with Crippen molar-refractivity contribution in [1.29, 1.82) is 0 Å². The number of hydrogen-bond acceptors (Lipinski definition) is 5. The van der Waals surface area contributed by atoms with E-state index >= 15 is 0 Å². The van der Waals surface area contributed by atoms with E-state index < -0.39 is 24.6 Å². The van der Waals surface area contributed by atoms with E-state index in [1.807, 2.05) is 0 Å². The van der Waals surface area contributed by atoms with Gasteiger partial charge in [0.1, 0.15) is 18.3 Å². The summed E-state index contributed by atoms with van der Waals surface area (Å²) in [4.78, 5) is 0. The Hall–Kier alpha value is -0.200. The molecule has 0 aromatic carbocycles. The minimum absolute atomic E-state index is 0.153. The first-order valence-electron chi connectivity index (χ1n) is 2.97. The van der Waals surface area contributed by atoms with Crippen LogP contribution in [0.4, 0.5) is 0 Å². The lowest BCUT2D eigenvalue weighted by Crippen LogP contribution is -2.52. The summed E-state index contributed by atoms with van der Waals surface area (Å²) in [6.45, 7) is -0.153. The number of hydrogen-bond donors (Lipinski definition) is 4. The average molecular weight is 155 g/mol. The first-order valence-corrected chi connectivity index (χ1v) is 2.97. The van der Waals surface area contributed by atoms with Crippen LogP contribution in [0.1, 0.15) is 0 Å². The van der Waals surface area contributed by atoms with Gasteiger partial charge in [0.2, 0.25) is 0 Å². The van der Waals surface area contributed by atoms with E-state index in [1.54, 1.807) is 0 Å². The molecule has 10 heavy (non-hydrogen) atoms. The van der Waals surface area contributed by atoms with Crippen LogP contribution in [-0.2, 0) is 4.74 Å². The summed E-state index contributed by atoms with van der Waals surface area (Å²) >= 11 is 0. The predicted molar refractivity (Wildman–Crippen MR) is 30.0 cm³/mol. The van der Waals surface area contributed by atoms with Crippen LogP contribution in [0.2, 0.25) is 0 Å². The summed E-state index contributed by atoms with van der Waals surface area (Å²) in [5.41, 5.74) is 0. The smallest absolute Gasteiger partial charge is 0.183 e. The molecule has 4 N–H and O–H groups in total. The molecule has 5 nitrogen and oxygen atoms in total. The van der Waals surface area contributed by atoms with Crippen molar-refractivity contribution in [2.75, 3.05) is 6.61 Å². The topological polar surface area (TPSA) is 90.2 Å². The van der Waals surface area contributed by atoms with E-state index in [-0.39, 0.29) is 6.61 Å². The lowest BCUT2D eigenvalue weighted by molar-refractivity contribution is -0.252. The van der Waals surface area contributed by atoms with E-state index in [4.69, 9.17) is 20.4 Å². The maximum Gasteiger partial charge on any atom is 0.183 e. The lowest BCUT2D eigenvalue weighted by atomic mass is 11.0. The Labute approximate surface area is 57.5 Å². The molecule has 0 aromatic rings. The maximum atomic E-state index is 8.88. The minimum Gasteiger partial charge on any atom is -0.388 e. The number of ether oxygens (including phenoxy) is 1. The molecule has 0 aromatic heterocycles. The predicted octanol–water partition coefficient (Wildman–Crippen LogP) is -2.58. The van der Waals surface area contributed by atoms with E-state index in [0.717, 1.165) is 0 Å². The average Bonchev–Trinajstić information content (AvgIpc) is 1.93. The molecule has 0 bridgehead atoms. The highest BCUT2D eigenvalue weighted by Gasteiger charge is 2.36. The van der Waals surface area contributed by atoms with Gasteiger partial charge in [0.05, 0.1) is 6.61 Å². The molecule has 1 aliphatic heterocycles. The summed E-state index contributed by atoms with van der Waals surface area (Å²) < 4.78 is 4.47. The van der Waals surface area contributed by atoms with Crippen molar-refractivity contribution in [3.05, 3.63) is 0 Å². The Morgan fingerprint density at radius 2 is 1.60 bits per heavy atom. The zero-order chi connectivity index (χ0) is 7.72. The SMILES string of the molecule is O[13CH]1O[13CH2][13C@@H](O)[13C@H](O)[13C@H]1O. The van der Waals surface area contributed by atoms with Gasteiger partial charge in [-0.2, -0.15) is 0 Å². The monoisotopic (exact) mass is 155 g/mol. The van der Waals surface area contributed by atoms with Crippen molar-refractivity contribution < 1.29 is 25.2 Å². The molecule has 5 heteroatoms. The Bertz CT molecular complexity index is 103. The van der Waals surface area contributed by atoms with Gasteiger partial charge >= 0.3 is 0 Å². The normalized spacial score (nSPS) is 49.2. The van der Waals surface area contributed by atoms with Crippen LogP contribution in [0.15, 0.2) is 0 Å². The second-order valence-electron chi connectivity index (χ2n) is 2.27. The van der Waals surface area contributed by atoms with Crippen LogP contribution in [0, 0.1) is 0 Å². The van der Waals surface area contributed by atoms with Crippen molar-refractivity contribution in [2.24, 2.45) is 0 Å². The summed E-state index contributed by atoms with van der Waals surface area (Å²) in [6.07, 6.45) is -5.23. The highest BCUT2D eigenvalue weighted by atomic mass is 16.8. The second kappa shape index (κ2) is 2.81. The summed E-state index contributed by atoms with van der Waals surface area (Å²) in [7, 11) is 0. The largest absolute Gasteiger partial charge is 0.388 e. The van der Waals surface area contributed by atoms with Gasteiger partial charge in [0.15, 0.2) is 6.29 Å². The van der Waals surface area contributed by atoms with Gasteiger partial charge < -0.3 is 25.2 Å². The van der Waals surface area contributed by atoms with Crippen LogP contribution >= 0.6 is 0 Å². The first kappa shape index (κ1) is 7.90. The van der Waals surface area contributed by atoms with E-state index in [2.05, 4.69) is 4.74 Å². The Kier molecular flexibility index (Phi) is 2.22. The minimum atomic E-state index is -1.41. The number of aliphatic hydroxyl groups excluding tert-OH is 4. The number of rotatable bonds is 0. The molecular formula is C5H10O5. The summed E-state index contributed by atoms with van der Waals surface area (Å²) in [5, 5.41) is 35.3. The van der Waals surface area contributed by atoms with Crippen molar-refractivity contribution in [2.45, 2.75) is 24.6 Å². The van der Waals surface area contributed by atoms with E-state index in [9.17, 15) is 0 Å². The van der Waals surface area contributed by atoms with Gasteiger partial charge in [0.25, 0.3) is 0 Å². The van der Waals surface area contributed by atoms with Gasteiger partial charge in [-0.25, -0.2) is 0 Å². The van der Waals surface area contributed by atoms with Crippen LogP contribution in [-0.4, -0.2) is 51.6 Å². The molecule has 0 spiro atoms. The van der Waals surface area contributed by atoms with Crippen LogP contribution in [0.3, 0.4) is 0 Å². The fourth-order valence-corrected chi connectivity index (χ4v) is 0.791. The Balaban J connectivity index is 2.52. The van der Waals surface area contributed by atoms with E-state index in [1.165, 1.54) is 0 Å². The van der Waals surface area contributed by atoms with Gasteiger partial charge in [-0.1, -0.05) is 0 Å². The summed E-state index contributed by atoms with van der Waals surface area (Å²) in [6, 6.07) is 0. The summed E-state index contributed by atoms with van der Waals surface area (Å²) in [5.74, 6) is 0. The molecule has 0 aliphatic carbocycles. The van der Waals surface area contributed by atoms with Crippen molar-refractivity contribution in [3.63, 3.8) is 0 Å². The van der Waals surface area contributed by atoms with Gasteiger partial charge in [0, 0.05) is 0 Å². The molecule has 1 fully saturated rings. The molecule has 1 unspecified atom stereocenters. The zero-order valence-corrected chi connectivity index (χ0v) is 5.21. The van der Waals surface area contributed by atoms with Crippen LogP contribution in [0.5, 0.6) is 0 Å². The molecule has 1 saturated heterocycles. The molecule has 0 amide bonds. The number of aliphatic hydroxyl groups is 4. The van der Waals surface area contributed by atoms with Gasteiger partial charge in [-0.15, -0.1) is 0 Å². The lowest BCUT2D eigenvalue weighted by Gasteiger charge is -2.31. The fraction of sp³-hybridized carbons (Fsp3) is 1.00. The Morgan fingerprint density at radius 1 is 1.00 bits per heavy atom. The zero-order valence-electron chi connectivity index (χ0n) is 5.21. The highest BCUT2D eigenvalue weighted by molar-refractivity contribution is 4.81. The fourth-order valence-electron chi connectivity index (χ4n) is 0.791. The highest BCUT2D eigenvalue weighted by Crippen LogP contribution is 2.12. The van der Waals surface area contributed by atoms with Crippen LogP contribution in [0.25, 0.3) is 0 Å². The molecule has 0 saturated carbocycles. The van der Waals surface area contributed by atoms with Gasteiger partial charge in [-0.3, -0.25) is 0 Å². The van der Waals surface area contributed by atoms with Crippen LogP contribution < -0.4 is 0 Å². The molecule has 1 rings (SSSR count).